The van der Waals surface area contributed by atoms with E-state index in [0.717, 1.165) is 55.3 Å². The molecule has 3 rings (SSSR count). The average Bonchev–Trinajstić information content (AvgIpc) is 3.29. The highest BCUT2D eigenvalue weighted by atomic mass is 127. The van der Waals surface area contributed by atoms with E-state index >= 15 is 0 Å². The summed E-state index contributed by atoms with van der Waals surface area (Å²) in [6.07, 6.45) is 6.43. The Morgan fingerprint density at radius 1 is 1.27 bits per heavy atom. The summed E-state index contributed by atoms with van der Waals surface area (Å²) in [5.74, 6) is 2.81. The number of fused-ring (bicyclic) bond motifs is 1. The van der Waals surface area contributed by atoms with Gasteiger partial charge in [-0.05, 0) is 49.5 Å². The number of nitrogens with zero attached hydrogens (tertiary/aromatic N) is 2. The van der Waals surface area contributed by atoms with Crippen LogP contribution in [0.2, 0.25) is 0 Å². The fraction of sp³-hybridized carbons (Fsp3) is 0.684. The number of thiophene rings is 1. The van der Waals surface area contributed by atoms with Crippen molar-refractivity contribution in [2.45, 2.75) is 39.0 Å². The maximum Gasteiger partial charge on any atom is 0.261 e. The first-order valence-electron chi connectivity index (χ1n) is 9.63. The van der Waals surface area contributed by atoms with Crippen LogP contribution in [0.25, 0.3) is 0 Å². The second-order valence-corrected chi connectivity index (χ2v) is 7.98. The van der Waals surface area contributed by atoms with Crippen molar-refractivity contribution in [2.75, 3.05) is 32.7 Å². The highest BCUT2D eigenvalue weighted by molar-refractivity contribution is 14.0. The smallest absolute Gasteiger partial charge is 0.261 e. The number of nitrogens with one attached hydrogen (secondary N) is 2. The van der Waals surface area contributed by atoms with Gasteiger partial charge in [0.25, 0.3) is 5.91 Å². The monoisotopic (exact) mass is 490 g/mol. The summed E-state index contributed by atoms with van der Waals surface area (Å²) in [5, 5.41) is 8.34. The molecule has 2 N–H and O–H groups in total. The Hall–Kier alpha value is -0.830. The SMILES string of the molecule is CCNC(=NCCCNC(=O)c1cccs1)N1CC2CCCCC2C1.I. The average molecular weight is 490 g/mol. The molecule has 1 saturated heterocycles. The molecule has 1 saturated carbocycles. The van der Waals surface area contributed by atoms with Gasteiger partial charge in [-0.15, -0.1) is 35.3 Å². The number of amides is 1. The zero-order chi connectivity index (χ0) is 17.5. The molecule has 2 aliphatic rings. The summed E-state index contributed by atoms with van der Waals surface area (Å²) in [6.45, 7) is 6.76. The Balaban J connectivity index is 0.00000243. The molecular weight excluding hydrogens is 459 g/mol. The fourth-order valence-corrected chi connectivity index (χ4v) is 4.61. The lowest BCUT2D eigenvalue weighted by Crippen LogP contribution is -2.40. The molecular formula is C19H31IN4OS. The third kappa shape index (κ3) is 5.84. The minimum Gasteiger partial charge on any atom is -0.357 e. The van der Waals surface area contributed by atoms with Gasteiger partial charge in [-0.2, -0.15) is 0 Å². The molecule has 2 atom stereocenters. The van der Waals surface area contributed by atoms with Crippen molar-refractivity contribution < 1.29 is 4.79 Å². The van der Waals surface area contributed by atoms with Gasteiger partial charge in [0.2, 0.25) is 0 Å². The van der Waals surface area contributed by atoms with Crippen LogP contribution in [0.1, 0.15) is 48.7 Å². The number of likely N-dealkylation sites (tertiary alicyclic amines) is 1. The third-order valence-corrected chi connectivity index (χ3v) is 6.11. The molecule has 146 valence electrons. The summed E-state index contributed by atoms with van der Waals surface area (Å²) in [4.78, 5) is 19.9. The molecule has 0 radical (unpaired) electrons. The van der Waals surface area contributed by atoms with Crippen LogP contribution < -0.4 is 10.6 Å². The minimum absolute atomic E-state index is 0. The lowest BCUT2D eigenvalue weighted by molar-refractivity contribution is 0.0957. The van der Waals surface area contributed by atoms with Crippen molar-refractivity contribution >= 4 is 47.2 Å². The Morgan fingerprint density at radius 3 is 2.62 bits per heavy atom. The molecule has 1 amide bonds. The molecule has 5 nitrogen and oxygen atoms in total. The normalized spacial score (nSPS) is 22.5. The number of halogens is 1. The quantitative estimate of drug-likeness (QED) is 0.278. The topological polar surface area (TPSA) is 56.7 Å². The highest BCUT2D eigenvalue weighted by Gasteiger charge is 2.35. The van der Waals surface area contributed by atoms with E-state index in [0.29, 0.717) is 6.54 Å². The molecule has 1 aromatic rings. The molecule has 26 heavy (non-hydrogen) atoms. The molecule has 1 aliphatic heterocycles. The second kappa shape index (κ2) is 11.1. The summed E-state index contributed by atoms with van der Waals surface area (Å²) in [7, 11) is 0. The third-order valence-electron chi connectivity index (χ3n) is 5.24. The first kappa shape index (κ1) is 21.5. The number of hydrogen-bond acceptors (Lipinski definition) is 3. The standard InChI is InChI=1S/C19H30N4OS.HI/c1-2-20-19(23-13-15-7-3-4-8-16(15)14-23)22-11-6-10-21-18(24)17-9-5-12-25-17;/h5,9,12,15-16H,2-4,6-8,10-11,13-14H2,1H3,(H,20,22)(H,21,24);1H. The number of aliphatic imine (C=N–C) groups is 1. The zero-order valence-corrected chi connectivity index (χ0v) is 18.7. The Bertz CT molecular complexity index is 564. The predicted molar refractivity (Wildman–Crippen MR) is 120 cm³/mol. The Morgan fingerprint density at radius 2 is 2.00 bits per heavy atom. The van der Waals surface area contributed by atoms with E-state index in [9.17, 15) is 4.79 Å². The van der Waals surface area contributed by atoms with E-state index in [4.69, 9.17) is 4.99 Å². The Labute approximate surface area is 178 Å². The lowest BCUT2D eigenvalue weighted by atomic mass is 9.82. The summed E-state index contributed by atoms with van der Waals surface area (Å²) in [6, 6.07) is 3.76. The van der Waals surface area contributed by atoms with Gasteiger partial charge in [0, 0.05) is 32.7 Å². The first-order valence-corrected chi connectivity index (χ1v) is 10.5. The van der Waals surface area contributed by atoms with Crippen molar-refractivity contribution in [3.63, 3.8) is 0 Å². The van der Waals surface area contributed by atoms with Crippen molar-refractivity contribution in [1.82, 2.24) is 15.5 Å². The molecule has 1 aromatic heterocycles. The van der Waals surface area contributed by atoms with E-state index in [1.807, 2.05) is 17.5 Å². The summed E-state index contributed by atoms with van der Waals surface area (Å²) >= 11 is 1.48. The summed E-state index contributed by atoms with van der Waals surface area (Å²) < 4.78 is 0. The van der Waals surface area contributed by atoms with E-state index in [-0.39, 0.29) is 29.9 Å². The first-order chi connectivity index (χ1) is 12.3. The van der Waals surface area contributed by atoms with Gasteiger partial charge in [0.05, 0.1) is 4.88 Å². The number of hydrogen-bond donors (Lipinski definition) is 2. The van der Waals surface area contributed by atoms with Gasteiger partial charge in [-0.25, -0.2) is 0 Å². The van der Waals surface area contributed by atoms with Gasteiger partial charge in [-0.3, -0.25) is 9.79 Å². The van der Waals surface area contributed by atoms with Crippen LogP contribution >= 0.6 is 35.3 Å². The maximum absolute atomic E-state index is 11.9. The summed E-state index contributed by atoms with van der Waals surface area (Å²) in [5.41, 5.74) is 0. The molecule has 2 fully saturated rings. The van der Waals surface area contributed by atoms with Crippen molar-refractivity contribution in [3.8, 4) is 0 Å². The van der Waals surface area contributed by atoms with Crippen LogP contribution in [0.4, 0.5) is 0 Å². The van der Waals surface area contributed by atoms with Crippen molar-refractivity contribution in [1.29, 1.82) is 0 Å². The molecule has 0 spiro atoms. The van der Waals surface area contributed by atoms with Crippen LogP contribution in [0.15, 0.2) is 22.5 Å². The predicted octanol–water partition coefficient (Wildman–Crippen LogP) is 3.57. The number of guanidine groups is 1. The van der Waals surface area contributed by atoms with Crippen LogP contribution in [0.5, 0.6) is 0 Å². The number of carbonyl (C=O) groups is 1. The van der Waals surface area contributed by atoms with Crippen LogP contribution in [0, 0.1) is 11.8 Å². The lowest BCUT2D eigenvalue weighted by Gasteiger charge is -2.22. The van der Waals surface area contributed by atoms with Gasteiger partial charge in [0.1, 0.15) is 0 Å². The van der Waals surface area contributed by atoms with Crippen LogP contribution in [0.3, 0.4) is 0 Å². The van der Waals surface area contributed by atoms with E-state index < -0.39 is 0 Å². The van der Waals surface area contributed by atoms with Gasteiger partial charge >= 0.3 is 0 Å². The van der Waals surface area contributed by atoms with Crippen LogP contribution in [-0.2, 0) is 0 Å². The van der Waals surface area contributed by atoms with Crippen molar-refractivity contribution in [2.24, 2.45) is 16.8 Å². The van der Waals surface area contributed by atoms with Crippen LogP contribution in [-0.4, -0.2) is 49.5 Å². The highest BCUT2D eigenvalue weighted by Crippen LogP contribution is 2.35. The largest absolute Gasteiger partial charge is 0.357 e. The number of rotatable bonds is 6. The fourth-order valence-electron chi connectivity index (χ4n) is 3.97. The molecule has 0 aromatic carbocycles. The van der Waals surface area contributed by atoms with E-state index in [1.165, 1.54) is 37.0 Å². The number of carbonyl (C=O) groups excluding carboxylic acids is 1. The minimum atomic E-state index is 0. The van der Waals surface area contributed by atoms with E-state index in [2.05, 4.69) is 22.5 Å². The van der Waals surface area contributed by atoms with Gasteiger partial charge in [-0.1, -0.05) is 18.9 Å². The molecule has 2 heterocycles. The zero-order valence-electron chi connectivity index (χ0n) is 15.6. The molecule has 1 aliphatic carbocycles. The van der Waals surface area contributed by atoms with Crippen molar-refractivity contribution in [3.05, 3.63) is 22.4 Å². The van der Waals surface area contributed by atoms with E-state index in [1.54, 1.807) is 0 Å². The Kier molecular flexibility index (Phi) is 9.18. The van der Waals surface area contributed by atoms with Gasteiger partial charge < -0.3 is 15.5 Å². The maximum atomic E-state index is 11.9. The molecule has 2 unspecified atom stereocenters. The second-order valence-electron chi connectivity index (χ2n) is 7.03. The molecule has 0 bridgehead atoms. The molecule has 7 heteroatoms. The van der Waals surface area contributed by atoms with Gasteiger partial charge in [0.15, 0.2) is 5.96 Å².